The fourth-order valence-corrected chi connectivity index (χ4v) is 2.62. The molecular formula is C17H32F2N3+3. The van der Waals surface area contributed by atoms with Crippen LogP contribution in [0.3, 0.4) is 0 Å². The maximum absolute atomic E-state index is 13.4. The lowest BCUT2D eigenvalue weighted by molar-refractivity contribution is -0.925. The van der Waals surface area contributed by atoms with Gasteiger partial charge in [0.2, 0.25) is 0 Å². The van der Waals surface area contributed by atoms with E-state index in [2.05, 4.69) is 28.2 Å². The third kappa shape index (κ3) is 7.82. The predicted molar refractivity (Wildman–Crippen MR) is 85.3 cm³/mol. The van der Waals surface area contributed by atoms with Crippen molar-refractivity contribution in [2.24, 2.45) is 0 Å². The largest absolute Gasteiger partial charge is 0.340 e. The second kappa shape index (κ2) is 9.87. The SMILES string of the molecule is C[NH+](C)CCC[NH+](CCC[NH+](C)C)Cc1ccc(F)c(F)c1. The summed E-state index contributed by atoms with van der Waals surface area (Å²) in [4.78, 5) is 4.35. The van der Waals surface area contributed by atoms with Crippen LogP contribution in [0.15, 0.2) is 18.2 Å². The summed E-state index contributed by atoms with van der Waals surface area (Å²) in [5.74, 6) is -1.51. The Balaban J connectivity index is 2.56. The minimum absolute atomic E-state index is 0.743. The topological polar surface area (TPSA) is 13.3 Å². The van der Waals surface area contributed by atoms with Crippen molar-refractivity contribution in [3.05, 3.63) is 35.4 Å². The lowest BCUT2D eigenvalue weighted by atomic mass is 10.2. The molecule has 1 aromatic rings. The molecule has 0 saturated carbocycles. The normalized spacial score (nSPS) is 11.9. The summed E-state index contributed by atoms with van der Waals surface area (Å²) in [6.45, 7) is 5.20. The first-order valence-electron chi connectivity index (χ1n) is 8.24. The maximum atomic E-state index is 13.4. The molecule has 126 valence electrons. The predicted octanol–water partition coefficient (Wildman–Crippen LogP) is -1.58. The lowest BCUT2D eigenvalue weighted by Crippen LogP contribution is -3.13. The summed E-state index contributed by atoms with van der Waals surface area (Å²) in [7, 11) is 8.63. The Kier molecular flexibility index (Phi) is 8.53. The van der Waals surface area contributed by atoms with E-state index in [4.69, 9.17) is 0 Å². The number of hydrogen-bond donors (Lipinski definition) is 3. The number of rotatable bonds is 10. The quantitative estimate of drug-likeness (QED) is 0.461. The molecule has 0 radical (unpaired) electrons. The first-order valence-corrected chi connectivity index (χ1v) is 8.24. The Morgan fingerprint density at radius 3 is 1.77 bits per heavy atom. The van der Waals surface area contributed by atoms with Crippen molar-refractivity contribution in [3.63, 3.8) is 0 Å². The van der Waals surface area contributed by atoms with Gasteiger partial charge in [0.15, 0.2) is 11.6 Å². The Hall–Kier alpha value is -1.04. The van der Waals surface area contributed by atoms with Gasteiger partial charge in [-0.25, -0.2) is 8.78 Å². The van der Waals surface area contributed by atoms with Gasteiger partial charge >= 0.3 is 0 Å². The van der Waals surface area contributed by atoms with Crippen LogP contribution in [0.4, 0.5) is 8.78 Å². The van der Waals surface area contributed by atoms with Gasteiger partial charge in [-0.2, -0.15) is 0 Å². The minimum Gasteiger partial charge on any atom is -0.340 e. The summed E-state index contributed by atoms with van der Waals surface area (Å²) in [6, 6.07) is 4.27. The number of quaternary nitrogens is 3. The van der Waals surface area contributed by atoms with E-state index in [-0.39, 0.29) is 0 Å². The summed E-state index contributed by atoms with van der Waals surface area (Å²) in [5.41, 5.74) is 0.878. The van der Waals surface area contributed by atoms with Gasteiger partial charge in [0.25, 0.3) is 0 Å². The first kappa shape index (κ1) is 19.0. The van der Waals surface area contributed by atoms with Crippen molar-refractivity contribution in [2.75, 3.05) is 54.4 Å². The summed E-state index contributed by atoms with van der Waals surface area (Å²) < 4.78 is 26.4. The molecule has 0 spiro atoms. The molecule has 0 bridgehead atoms. The van der Waals surface area contributed by atoms with Crippen LogP contribution in [0.25, 0.3) is 0 Å². The molecular weight excluding hydrogens is 284 g/mol. The van der Waals surface area contributed by atoms with Gasteiger partial charge < -0.3 is 14.7 Å². The molecule has 22 heavy (non-hydrogen) atoms. The Labute approximate surface area is 133 Å². The third-order valence-corrected chi connectivity index (χ3v) is 3.85. The van der Waals surface area contributed by atoms with Crippen LogP contribution in [0, 0.1) is 11.6 Å². The van der Waals surface area contributed by atoms with E-state index in [9.17, 15) is 8.78 Å². The highest BCUT2D eigenvalue weighted by atomic mass is 19.2. The minimum atomic E-state index is -0.766. The first-order chi connectivity index (χ1) is 10.4. The third-order valence-electron chi connectivity index (χ3n) is 3.85. The fraction of sp³-hybridized carbons (Fsp3) is 0.647. The lowest BCUT2D eigenvalue weighted by Gasteiger charge is -2.20. The zero-order valence-electron chi connectivity index (χ0n) is 14.4. The molecule has 0 aliphatic heterocycles. The Morgan fingerprint density at radius 2 is 1.32 bits per heavy atom. The Bertz CT molecular complexity index is 422. The van der Waals surface area contributed by atoms with Gasteiger partial charge in [-0.15, -0.1) is 0 Å². The van der Waals surface area contributed by atoms with Crippen LogP contribution in [0.1, 0.15) is 18.4 Å². The van der Waals surface area contributed by atoms with Crippen molar-refractivity contribution in [3.8, 4) is 0 Å². The molecule has 3 N–H and O–H groups in total. The van der Waals surface area contributed by atoms with Crippen molar-refractivity contribution in [2.45, 2.75) is 19.4 Å². The van der Waals surface area contributed by atoms with Crippen LogP contribution in [0.5, 0.6) is 0 Å². The van der Waals surface area contributed by atoms with Gasteiger partial charge in [0.1, 0.15) is 6.54 Å². The van der Waals surface area contributed by atoms with Gasteiger partial charge in [-0.3, -0.25) is 0 Å². The molecule has 0 fully saturated rings. The van der Waals surface area contributed by atoms with Crippen molar-refractivity contribution < 1.29 is 23.5 Å². The van der Waals surface area contributed by atoms with Crippen molar-refractivity contribution >= 4 is 0 Å². The van der Waals surface area contributed by atoms with E-state index >= 15 is 0 Å². The molecule has 1 aromatic carbocycles. The number of hydrogen-bond acceptors (Lipinski definition) is 0. The molecule has 0 amide bonds. The maximum Gasteiger partial charge on any atom is 0.159 e. The zero-order chi connectivity index (χ0) is 16.5. The van der Waals surface area contributed by atoms with Crippen LogP contribution in [-0.4, -0.2) is 54.4 Å². The molecule has 0 atom stereocenters. The molecule has 3 nitrogen and oxygen atoms in total. The molecule has 5 heteroatoms. The van der Waals surface area contributed by atoms with Gasteiger partial charge in [0.05, 0.1) is 54.4 Å². The molecule has 0 heterocycles. The molecule has 0 aliphatic carbocycles. The van der Waals surface area contributed by atoms with Gasteiger partial charge in [-0.05, 0) is 12.1 Å². The Morgan fingerprint density at radius 1 is 0.773 bits per heavy atom. The van der Waals surface area contributed by atoms with E-state index in [1.807, 2.05) is 0 Å². The number of benzene rings is 1. The number of halogens is 2. The summed E-state index contributed by atoms with van der Waals surface area (Å²) >= 11 is 0. The van der Waals surface area contributed by atoms with E-state index < -0.39 is 11.6 Å². The zero-order valence-corrected chi connectivity index (χ0v) is 14.4. The highest BCUT2D eigenvalue weighted by Gasteiger charge is 2.13. The fourth-order valence-electron chi connectivity index (χ4n) is 2.62. The van der Waals surface area contributed by atoms with Crippen LogP contribution in [0.2, 0.25) is 0 Å². The highest BCUT2D eigenvalue weighted by Crippen LogP contribution is 2.07. The average molecular weight is 316 g/mol. The standard InChI is InChI=1S/C17H29F2N3/c1-20(2)9-5-11-22(12-6-10-21(3)4)14-15-7-8-16(18)17(19)13-15/h7-8,13H,5-6,9-12,14H2,1-4H3/p+3. The van der Waals surface area contributed by atoms with E-state index in [1.165, 1.54) is 26.8 Å². The molecule has 0 aromatic heterocycles. The average Bonchev–Trinajstić information content (AvgIpc) is 2.42. The van der Waals surface area contributed by atoms with Crippen molar-refractivity contribution in [1.29, 1.82) is 0 Å². The summed E-state index contributed by atoms with van der Waals surface area (Å²) in [5, 5.41) is 0. The molecule has 1 rings (SSSR count). The second-order valence-corrected chi connectivity index (χ2v) is 6.80. The van der Waals surface area contributed by atoms with Crippen molar-refractivity contribution in [1.82, 2.24) is 0 Å². The van der Waals surface area contributed by atoms with Crippen LogP contribution >= 0.6 is 0 Å². The summed E-state index contributed by atoms with van der Waals surface area (Å²) in [6.07, 6.45) is 2.30. The molecule has 0 aliphatic rings. The van der Waals surface area contributed by atoms with Crippen LogP contribution in [-0.2, 0) is 6.54 Å². The molecule has 0 saturated heterocycles. The van der Waals surface area contributed by atoms with Crippen LogP contribution < -0.4 is 14.7 Å². The highest BCUT2D eigenvalue weighted by molar-refractivity contribution is 5.16. The second-order valence-electron chi connectivity index (χ2n) is 6.80. The van der Waals surface area contributed by atoms with E-state index in [0.29, 0.717) is 0 Å². The number of nitrogens with one attached hydrogen (secondary N) is 3. The smallest absolute Gasteiger partial charge is 0.159 e. The van der Waals surface area contributed by atoms with E-state index in [1.54, 1.807) is 6.07 Å². The van der Waals surface area contributed by atoms with Gasteiger partial charge in [0, 0.05) is 18.4 Å². The molecule has 0 unspecified atom stereocenters. The monoisotopic (exact) mass is 316 g/mol. The van der Waals surface area contributed by atoms with E-state index in [0.717, 1.165) is 51.1 Å². The van der Waals surface area contributed by atoms with Gasteiger partial charge in [-0.1, -0.05) is 6.07 Å².